The Morgan fingerprint density at radius 1 is 0.457 bits per heavy atom. The van der Waals surface area contributed by atoms with Crippen molar-refractivity contribution in [1.82, 2.24) is 14.5 Å². The van der Waals surface area contributed by atoms with Crippen molar-refractivity contribution in [2.24, 2.45) is 0 Å². The molecule has 0 bridgehead atoms. The maximum Gasteiger partial charge on any atom is 0.160 e. The Balaban J connectivity index is 1.24. The minimum atomic E-state index is 0.702. The Bertz CT molecular complexity index is 2460. The van der Waals surface area contributed by atoms with Gasteiger partial charge in [-0.2, -0.15) is 0 Å². The highest BCUT2D eigenvalue weighted by molar-refractivity contribution is 6.20. The molecule has 0 fully saturated rings. The van der Waals surface area contributed by atoms with Gasteiger partial charge in [-0.15, -0.1) is 0 Å². The van der Waals surface area contributed by atoms with Gasteiger partial charge in [0.15, 0.2) is 5.82 Å². The zero-order valence-electron chi connectivity index (χ0n) is 24.8. The minimum Gasteiger partial charge on any atom is -0.455 e. The Hall–Kier alpha value is -6.26. The van der Waals surface area contributed by atoms with Gasteiger partial charge in [0.1, 0.15) is 11.3 Å². The summed E-state index contributed by atoms with van der Waals surface area (Å²) in [6.07, 6.45) is 0. The minimum absolute atomic E-state index is 0.702. The molecule has 3 heterocycles. The fourth-order valence-electron chi connectivity index (χ4n) is 6.44. The van der Waals surface area contributed by atoms with Crippen LogP contribution in [0.3, 0.4) is 0 Å². The Labute approximate surface area is 265 Å². The molecule has 4 heteroatoms. The zero-order valence-corrected chi connectivity index (χ0v) is 24.8. The molecule has 0 unspecified atom stereocenters. The largest absolute Gasteiger partial charge is 0.455 e. The van der Waals surface area contributed by atoms with Crippen LogP contribution in [-0.2, 0) is 0 Å². The maximum atomic E-state index is 6.60. The second-order valence-electron chi connectivity index (χ2n) is 11.5. The molecular formula is C42H27N3O. The van der Waals surface area contributed by atoms with E-state index in [0.29, 0.717) is 5.82 Å². The third-order valence-electron chi connectivity index (χ3n) is 8.61. The van der Waals surface area contributed by atoms with E-state index in [2.05, 4.69) is 114 Å². The van der Waals surface area contributed by atoms with Crippen LogP contribution in [0.1, 0.15) is 0 Å². The smallest absolute Gasteiger partial charge is 0.160 e. The third-order valence-corrected chi connectivity index (χ3v) is 8.61. The molecule has 0 saturated carbocycles. The lowest BCUT2D eigenvalue weighted by Crippen LogP contribution is -1.97. The molecule has 0 aliphatic carbocycles. The van der Waals surface area contributed by atoms with E-state index in [4.69, 9.17) is 14.4 Å². The standard InChI is InChI=1S/C42H27N3O/c1-4-13-28(14-5-1)35-27-36(44-42(43-35)30-17-8-3-9-18-30)31-19-12-20-33(25-31)45-37-22-11-10-21-34(37)40-38(45)24-23-32-26-39(46-41(32)40)29-15-6-2-7-16-29/h1-27H. The summed E-state index contributed by atoms with van der Waals surface area (Å²) in [5.74, 6) is 1.57. The van der Waals surface area contributed by atoms with Gasteiger partial charge in [0.05, 0.1) is 27.8 Å². The number of benzene rings is 6. The number of fused-ring (bicyclic) bond motifs is 5. The molecule has 0 aliphatic rings. The Morgan fingerprint density at radius 3 is 1.85 bits per heavy atom. The molecule has 9 aromatic rings. The van der Waals surface area contributed by atoms with E-state index >= 15 is 0 Å². The molecule has 216 valence electrons. The first-order chi connectivity index (χ1) is 22.8. The molecular weight excluding hydrogens is 562 g/mol. The van der Waals surface area contributed by atoms with E-state index in [1.54, 1.807) is 0 Å². The maximum absolute atomic E-state index is 6.60. The number of furan rings is 1. The number of aromatic nitrogens is 3. The summed E-state index contributed by atoms with van der Waals surface area (Å²) in [6, 6.07) is 56.5. The van der Waals surface area contributed by atoms with Gasteiger partial charge in [-0.3, -0.25) is 0 Å². The van der Waals surface area contributed by atoms with Crippen LogP contribution in [-0.4, -0.2) is 14.5 Å². The van der Waals surface area contributed by atoms with E-state index in [1.807, 2.05) is 54.6 Å². The van der Waals surface area contributed by atoms with E-state index in [9.17, 15) is 0 Å². The highest BCUT2D eigenvalue weighted by Gasteiger charge is 2.19. The molecule has 9 rings (SSSR count). The lowest BCUT2D eigenvalue weighted by atomic mass is 10.1. The summed E-state index contributed by atoms with van der Waals surface area (Å²) in [6.45, 7) is 0. The van der Waals surface area contributed by atoms with Crippen molar-refractivity contribution >= 4 is 32.8 Å². The molecule has 0 atom stereocenters. The summed E-state index contributed by atoms with van der Waals surface area (Å²) in [4.78, 5) is 10.1. The second-order valence-corrected chi connectivity index (χ2v) is 11.5. The number of para-hydroxylation sites is 1. The average molecular weight is 590 g/mol. The van der Waals surface area contributed by atoms with E-state index < -0.39 is 0 Å². The summed E-state index contributed by atoms with van der Waals surface area (Å²) in [5, 5.41) is 3.36. The van der Waals surface area contributed by atoms with Crippen LogP contribution in [0.2, 0.25) is 0 Å². The molecule has 0 saturated heterocycles. The van der Waals surface area contributed by atoms with Crippen molar-refractivity contribution < 1.29 is 4.42 Å². The number of nitrogens with zero attached hydrogens (tertiary/aromatic N) is 3. The van der Waals surface area contributed by atoms with Crippen LogP contribution < -0.4 is 0 Å². The average Bonchev–Trinajstić information content (AvgIpc) is 3.72. The Kier molecular flexibility index (Phi) is 6.10. The molecule has 6 aromatic carbocycles. The second kappa shape index (κ2) is 10.7. The fraction of sp³-hybridized carbons (Fsp3) is 0. The first-order valence-electron chi connectivity index (χ1n) is 15.4. The van der Waals surface area contributed by atoms with Gasteiger partial charge < -0.3 is 8.98 Å². The highest BCUT2D eigenvalue weighted by Crippen LogP contribution is 2.40. The molecule has 4 nitrogen and oxygen atoms in total. The summed E-state index contributed by atoms with van der Waals surface area (Å²) >= 11 is 0. The third kappa shape index (κ3) is 4.39. The molecule has 3 aromatic heterocycles. The van der Waals surface area contributed by atoms with Crippen molar-refractivity contribution in [2.75, 3.05) is 0 Å². The van der Waals surface area contributed by atoms with Gasteiger partial charge in [0, 0.05) is 38.7 Å². The molecule has 0 aliphatic heterocycles. The lowest BCUT2D eigenvalue weighted by Gasteiger charge is -2.12. The zero-order chi connectivity index (χ0) is 30.5. The topological polar surface area (TPSA) is 43.9 Å². The highest BCUT2D eigenvalue weighted by atomic mass is 16.3. The van der Waals surface area contributed by atoms with Crippen molar-refractivity contribution in [3.63, 3.8) is 0 Å². The van der Waals surface area contributed by atoms with E-state index in [0.717, 1.165) is 77.9 Å². The quantitative estimate of drug-likeness (QED) is 0.201. The monoisotopic (exact) mass is 589 g/mol. The van der Waals surface area contributed by atoms with Crippen molar-refractivity contribution in [2.45, 2.75) is 0 Å². The lowest BCUT2D eigenvalue weighted by molar-refractivity contribution is 0.635. The van der Waals surface area contributed by atoms with Gasteiger partial charge in [0.2, 0.25) is 0 Å². The van der Waals surface area contributed by atoms with Gasteiger partial charge in [0.25, 0.3) is 0 Å². The van der Waals surface area contributed by atoms with Crippen molar-refractivity contribution in [1.29, 1.82) is 0 Å². The van der Waals surface area contributed by atoms with Gasteiger partial charge in [-0.25, -0.2) is 9.97 Å². The van der Waals surface area contributed by atoms with Crippen LogP contribution in [0.5, 0.6) is 0 Å². The fourth-order valence-corrected chi connectivity index (χ4v) is 6.44. The van der Waals surface area contributed by atoms with E-state index in [1.165, 1.54) is 0 Å². The van der Waals surface area contributed by atoms with E-state index in [-0.39, 0.29) is 0 Å². The predicted octanol–water partition coefficient (Wildman–Crippen LogP) is 11.0. The van der Waals surface area contributed by atoms with Crippen LogP contribution in [0, 0.1) is 0 Å². The number of rotatable bonds is 5. The SMILES string of the molecule is c1ccc(-c2cc(-c3cccc(-n4c5ccccc5c5c6oc(-c7ccccc7)cc6ccc54)c3)nc(-c3ccccc3)n2)cc1. The van der Waals surface area contributed by atoms with Gasteiger partial charge >= 0.3 is 0 Å². The summed E-state index contributed by atoms with van der Waals surface area (Å²) < 4.78 is 8.93. The number of hydrogen-bond acceptors (Lipinski definition) is 3. The Morgan fingerprint density at radius 2 is 1.09 bits per heavy atom. The van der Waals surface area contributed by atoms with Crippen LogP contribution >= 0.6 is 0 Å². The van der Waals surface area contributed by atoms with Crippen LogP contribution in [0.15, 0.2) is 168 Å². The molecule has 0 amide bonds. The summed E-state index contributed by atoms with van der Waals surface area (Å²) in [7, 11) is 0. The van der Waals surface area contributed by atoms with Crippen LogP contribution in [0.25, 0.3) is 83.7 Å². The van der Waals surface area contributed by atoms with Crippen molar-refractivity contribution in [3.05, 3.63) is 164 Å². The summed E-state index contributed by atoms with van der Waals surface area (Å²) in [5.41, 5.74) is 10.1. The molecule has 46 heavy (non-hydrogen) atoms. The first-order valence-corrected chi connectivity index (χ1v) is 15.4. The molecule has 0 radical (unpaired) electrons. The number of hydrogen-bond donors (Lipinski definition) is 0. The predicted molar refractivity (Wildman–Crippen MR) is 188 cm³/mol. The first kappa shape index (κ1) is 26.2. The molecule has 0 N–H and O–H groups in total. The van der Waals surface area contributed by atoms with Gasteiger partial charge in [-0.1, -0.05) is 121 Å². The van der Waals surface area contributed by atoms with Crippen LogP contribution in [0.4, 0.5) is 0 Å². The van der Waals surface area contributed by atoms with Crippen molar-refractivity contribution in [3.8, 4) is 50.9 Å². The molecule has 0 spiro atoms. The normalized spacial score (nSPS) is 11.5. The van der Waals surface area contributed by atoms with Gasteiger partial charge in [-0.05, 0) is 42.5 Å².